The first-order chi connectivity index (χ1) is 26.4. The third-order valence-corrected chi connectivity index (χ3v) is 11.0. The number of anilines is 2. The van der Waals surface area contributed by atoms with Crippen LogP contribution in [0.2, 0.25) is 0 Å². The highest BCUT2D eigenvalue weighted by Gasteiger charge is 2.29. The standard InChI is InChI=1S/C42H54N4O7S2/c1-6-8-22-51-23-24-52-38-15-9-32(10-16-38)33-11-19-40-35(25-33)26-34(12-20-41(53-55(5,49)50)46(40)28-31(3)4)42(47)44-36-13-17-39(18-14-36)54(48)29-37-27-43-30-45(37)21-7-2/h9-11,13-19,25-27,30-31,41H,6-8,12,20-24,28-29H2,1-5H3,(H,44,47). The van der Waals surface area contributed by atoms with Crippen molar-refractivity contribution >= 4 is 44.7 Å². The molecule has 0 aliphatic carbocycles. The van der Waals surface area contributed by atoms with Crippen LogP contribution in [0, 0.1) is 5.92 Å². The molecule has 5 rings (SSSR count). The van der Waals surface area contributed by atoms with Crippen molar-refractivity contribution in [2.45, 2.75) is 83.2 Å². The molecular weight excluding hydrogens is 737 g/mol. The lowest BCUT2D eigenvalue weighted by Gasteiger charge is -2.36. The molecule has 0 fully saturated rings. The van der Waals surface area contributed by atoms with Gasteiger partial charge in [-0.2, -0.15) is 8.42 Å². The van der Waals surface area contributed by atoms with E-state index >= 15 is 0 Å². The van der Waals surface area contributed by atoms with E-state index in [0.29, 0.717) is 41.7 Å². The SMILES string of the molecule is CCCCOCCOc1ccc(-c2ccc3c(c2)C=C(C(=O)Nc2ccc([S+]([O-])Cc4cncn4CCC)cc2)CCC(OS(C)(=O)=O)N3CC(C)C)cc1. The Labute approximate surface area is 329 Å². The Balaban J connectivity index is 1.39. The topological polar surface area (TPSA) is 135 Å². The predicted molar refractivity (Wildman–Crippen MR) is 220 cm³/mol. The van der Waals surface area contributed by atoms with E-state index in [-0.39, 0.29) is 24.7 Å². The molecule has 0 bridgehead atoms. The van der Waals surface area contributed by atoms with E-state index in [1.807, 2.05) is 58.0 Å². The molecule has 1 aromatic heterocycles. The zero-order chi connectivity index (χ0) is 39.4. The van der Waals surface area contributed by atoms with Crippen molar-refractivity contribution in [1.29, 1.82) is 0 Å². The van der Waals surface area contributed by atoms with Crippen molar-refractivity contribution in [3.8, 4) is 16.9 Å². The molecule has 0 saturated heterocycles. The number of ether oxygens (including phenoxy) is 2. The third-order valence-electron chi connectivity index (χ3n) is 9.06. The van der Waals surface area contributed by atoms with Crippen LogP contribution in [0.15, 0.2) is 89.7 Å². The maximum Gasteiger partial charge on any atom is 0.266 e. The molecule has 11 nitrogen and oxygen atoms in total. The normalized spacial score (nSPS) is 15.2. The molecule has 1 N–H and O–H groups in total. The van der Waals surface area contributed by atoms with Crippen LogP contribution in [0.3, 0.4) is 0 Å². The Bertz CT molecular complexity index is 1980. The first kappa shape index (κ1) is 42.0. The summed E-state index contributed by atoms with van der Waals surface area (Å²) in [6.07, 6.45) is 9.25. The molecule has 55 heavy (non-hydrogen) atoms. The Morgan fingerprint density at radius 1 is 1.00 bits per heavy atom. The lowest BCUT2D eigenvalue weighted by atomic mass is 9.95. The molecule has 1 aliphatic heterocycles. The molecule has 3 aromatic carbocycles. The highest BCUT2D eigenvalue weighted by atomic mass is 32.2. The predicted octanol–water partition coefficient (Wildman–Crippen LogP) is 8.04. The monoisotopic (exact) mass is 790 g/mol. The van der Waals surface area contributed by atoms with Crippen LogP contribution < -0.4 is 15.0 Å². The van der Waals surface area contributed by atoms with Gasteiger partial charge in [-0.1, -0.05) is 52.3 Å². The van der Waals surface area contributed by atoms with Gasteiger partial charge in [-0.3, -0.25) is 4.79 Å². The van der Waals surface area contributed by atoms with Crippen molar-refractivity contribution in [2.75, 3.05) is 42.8 Å². The van der Waals surface area contributed by atoms with Crippen LogP contribution in [-0.2, 0) is 47.3 Å². The number of imidazole rings is 1. The average Bonchev–Trinajstić information content (AvgIpc) is 3.58. The van der Waals surface area contributed by atoms with Gasteiger partial charge >= 0.3 is 0 Å². The first-order valence-electron chi connectivity index (χ1n) is 19.0. The van der Waals surface area contributed by atoms with Crippen LogP contribution in [0.5, 0.6) is 5.75 Å². The third kappa shape index (κ3) is 12.4. The number of amides is 1. The largest absolute Gasteiger partial charge is 0.611 e. The molecule has 13 heteroatoms. The highest BCUT2D eigenvalue weighted by molar-refractivity contribution is 7.90. The minimum atomic E-state index is -3.82. The summed E-state index contributed by atoms with van der Waals surface area (Å²) in [7, 11) is -3.82. The number of carbonyl (C=O) groups is 1. The van der Waals surface area contributed by atoms with Crippen LogP contribution in [-0.4, -0.2) is 67.3 Å². The molecule has 2 atom stereocenters. The van der Waals surface area contributed by atoms with E-state index in [0.717, 1.165) is 72.5 Å². The number of nitrogens with one attached hydrogen (secondary N) is 1. The molecule has 0 saturated carbocycles. The number of benzene rings is 3. The molecule has 2 heterocycles. The number of aryl methyl sites for hydroxylation is 1. The van der Waals surface area contributed by atoms with Gasteiger partial charge in [-0.25, -0.2) is 9.17 Å². The summed E-state index contributed by atoms with van der Waals surface area (Å²) in [5.74, 6) is 0.974. The summed E-state index contributed by atoms with van der Waals surface area (Å²) in [6, 6.07) is 20.8. The second-order valence-corrected chi connectivity index (χ2v) is 17.2. The summed E-state index contributed by atoms with van der Waals surface area (Å²) in [5.41, 5.74) is 5.37. The number of aromatic nitrogens is 2. The van der Waals surface area contributed by atoms with Crippen LogP contribution in [0.1, 0.15) is 71.1 Å². The van der Waals surface area contributed by atoms with Crippen molar-refractivity contribution in [1.82, 2.24) is 9.55 Å². The van der Waals surface area contributed by atoms with Crippen molar-refractivity contribution in [2.24, 2.45) is 5.92 Å². The van der Waals surface area contributed by atoms with E-state index in [9.17, 15) is 17.8 Å². The van der Waals surface area contributed by atoms with E-state index < -0.39 is 27.5 Å². The van der Waals surface area contributed by atoms with E-state index in [2.05, 4.69) is 38.0 Å². The minimum Gasteiger partial charge on any atom is -0.611 e. The zero-order valence-corrected chi connectivity index (χ0v) is 34.2. The number of fused-ring (bicyclic) bond motifs is 1. The van der Waals surface area contributed by atoms with E-state index in [1.54, 1.807) is 36.8 Å². The second-order valence-electron chi connectivity index (χ2n) is 14.2. The summed E-state index contributed by atoms with van der Waals surface area (Å²) < 4.78 is 57.4. The fraction of sp³-hybridized carbons (Fsp3) is 0.429. The summed E-state index contributed by atoms with van der Waals surface area (Å²) >= 11 is -1.29. The molecular formula is C42H54N4O7S2. The summed E-state index contributed by atoms with van der Waals surface area (Å²) in [6.45, 7) is 11.5. The lowest BCUT2D eigenvalue weighted by molar-refractivity contribution is -0.113. The van der Waals surface area contributed by atoms with E-state index in [1.165, 1.54) is 0 Å². The van der Waals surface area contributed by atoms with Gasteiger partial charge in [0.25, 0.3) is 16.0 Å². The van der Waals surface area contributed by atoms with E-state index in [4.69, 9.17) is 13.7 Å². The second kappa shape index (κ2) is 20.1. The molecule has 1 aliphatic rings. The average molecular weight is 791 g/mol. The number of rotatable bonds is 19. The molecule has 4 aromatic rings. The number of carbonyl (C=O) groups excluding carboxylic acids is 1. The smallest absolute Gasteiger partial charge is 0.266 e. The molecule has 0 radical (unpaired) electrons. The highest BCUT2D eigenvalue weighted by Crippen LogP contribution is 2.36. The van der Waals surface area contributed by atoms with Gasteiger partial charge in [0.15, 0.2) is 10.6 Å². The van der Waals surface area contributed by atoms with Gasteiger partial charge in [0.05, 0.1) is 31.1 Å². The quantitative estimate of drug-likeness (QED) is 0.0569. The maximum absolute atomic E-state index is 13.9. The lowest BCUT2D eigenvalue weighted by Crippen LogP contribution is -2.42. The first-order valence-corrected chi connectivity index (χ1v) is 22.2. The molecule has 0 spiro atoms. The van der Waals surface area contributed by atoms with Gasteiger partial charge in [-0.05, 0) is 114 Å². The molecule has 296 valence electrons. The van der Waals surface area contributed by atoms with Crippen LogP contribution in [0.4, 0.5) is 11.4 Å². The number of unbranched alkanes of at least 4 members (excludes halogenated alkanes) is 1. The van der Waals surface area contributed by atoms with Crippen LogP contribution >= 0.6 is 0 Å². The summed E-state index contributed by atoms with van der Waals surface area (Å²) in [4.78, 5) is 20.8. The fourth-order valence-electron chi connectivity index (χ4n) is 6.39. The Kier molecular flexibility index (Phi) is 15.4. The Morgan fingerprint density at radius 2 is 1.75 bits per heavy atom. The van der Waals surface area contributed by atoms with Crippen molar-refractivity contribution in [3.05, 3.63) is 96.1 Å². The summed E-state index contributed by atoms with van der Waals surface area (Å²) in [5, 5.41) is 3.00. The van der Waals surface area contributed by atoms with Gasteiger partial charge in [0.2, 0.25) is 0 Å². The number of nitrogens with zero attached hydrogens (tertiary/aromatic N) is 3. The minimum absolute atomic E-state index is 0.199. The Morgan fingerprint density at radius 3 is 2.44 bits per heavy atom. The van der Waals surface area contributed by atoms with Crippen molar-refractivity contribution < 1.29 is 31.4 Å². The van der Waals surface area contributed by atoms with Crippen molar-refractivity contribution in [3.63, 3.8) is 0 Å². The molecule has 1 amide bonds. The maximum atomic E-state index is 13.9. The molecule has 2 unspecified atom stereocenters. The van der Waals surface area contributed by atoms with Gasteiger partial charge in [0.1, 0.15) is 18.6 Å². The van der Waals surface area contributed by atoms with Crippen LogP contribution in [0.25, 0.3) is 17.2 Å². The number of hydrogen-bond donors (Lipinski definition) is 1. The van der Waals surface area contributed by atoms with Gasteiger partial charge in [-0.15, -0.1) is 0 Å². The Hall–Kier alpha value is -4.14. The van der Waals surface area contributed by atoms with Gasteiger partial charge < -0.3 is 28.8 Å². The fourth-order valence-corrected chi connectivity index (χ4v) is 8.11. The number of hydrogen-bond acceptors (Lipinski definition) is 9. The van der Waals surface area contributed by atoms with Gasteiger partial charge in [0, 0.05) is 36.6 Å². The zero-order valence-electron chi connectivity index (χ0n) is 32.5.